The summed E-state index contributed by atoms with van der Waals surface area (Å²) in [4.78, 5) is 18.9. The van der Waals surface area contributed by atoms with Crippen LogP contribution in [0.15, 0.2) is 18.3 Å². The molecular weight excluding hydrogens is 264 g/mol. The number of esters is 1. The molecule has 0 fully saturated rings. The maximum Gasteiger partial charge on any atom is 0.330 e. The smallest absolute Gasteiger partial charge is 0.330 e. The molecule has 0 saturated heterocycles. The summed E-state index contributed by atoms with van der Waals surface area (Å²) in [6, 6.07) is 1.67. The highest BCUT2D eigenvalue weighted by atomic mass is 35.5. The van der Waals surface area contributed by atoms with Crippen molar-refractivity contribution in [2.75, 3.05) is 6.61 Å². The first-order valence-corrected chi connectivity index (χ1v) is 6.18. The summed E-state index contributed by atoms with van der Waals surface area (Å²) in [5.74, 6) is -0.413. The number of ether oxygens (including phenoxy) is 1. The highest BCUT2D eigenvalue weighted by Crippen LogP contribution is 2.29. The normalized spacial score (nSPS) is 11.3. The lowest BCUT2D eigenvalue weighted by molar-refractivity contribution is -0.137. The molecule has 100 valence electrons. The average Bonchev–Trinajstić information content (AvgIpc) is 2.36. The number of halogens is 1. The van der Waals surface area contributed by atoms with Crippen molar-refractivity contribution in [3.05, 3.63) is 46.0 Å². The zero-order chi connectivity index (χ0) is 14.5. The van der Waals surface area contributed by atoms with Crippen molar-refractivity contribution < 1.29 is 9.53 Å². The van der Waals surface area contributed by atoms with Crippen LogP contribution in [0.5, 0.6) is 0 Å². The summed E-state index contributed by atoms with van der Waals surface area (Å²) in [6.45, 7) is 12.7. The van der Waals surface area contributed by atoms with Crippen molar-refractivity contribution >= 4 is 23.6 Å². The first kappa shape index (κ1) is 15.2. The van der Waals surface area contributed by atoms with Gasteiger partial charge >= 0.3 is 5.97 Å². The van der Waals surface area contributed by atoms with E-state index in [1.165, 1.54) is 6.08 Å². The van der Waals surface area contributed by atoms with E-state index in [0.717, 1.165) is 0 Å². The molecule has 0 spiro atoms. The minimum absolute atomic E-state index is 0.334. The molecule has 0 aliphatic heterocycles. The molecule has 1 rings (SSSR count). The van der Waals surface area contributed by atoms with E-state index in [-0.39, 0.29) is 0 Å². The van der Waals surface area contributed by atoms with Crippen LogP contribution >= 0.6 is 11.6 Å². The van der Waals surface area contributed by atoms with E-state index in [9.17, 15) is 4.79 Å². The van der Waals surface area contributed by atoms with Gasteiger partial charge in [0.2, 0.25) is 0 Å². The van der Waals surface area contributed by atoms with E-state index in [4.69, 9.17) is 22.9 Å². The number of aromatic nitrogens is 1. The van der Waals surface area contributed by atoms with Crippen LogP contribution in [0.1, 0.15) is 32.0 Å². The molecule has 0 amide bonds. The lowest BCUT2D eigenvalue weighted by atomic mass is 10.0. The summed E-state index contributed by atoms with van der Waals surface area (Å²) in [7, 11) is 0. The quantitative estimate of drug-likeness (QED) is 0.481. The second-order valence-electron chi connectivity index (χ2n) is 4.36. The Morgan fingerprint density at radius 3 is 2.84 bits per heavy atom. The average molecular weight is 279 g/mol. The molecule has 5 heteroatoms. The van der Waals surface area contributed by atoms with Crippen molar-refractivity contribution in [1.29, 1.82) is 0 Å². The number of nitrogens with zero attached hydrogens (tertiary/aromatic N) is 2. The van der Waals surface area contributed by atoms with Crippen LogP contribution in [0, 0.1) is 6.57 Å². The van der Waals surface area contributed by atoms with Gasteiger partial charge in [0, 0.05) is 26.1 Å². The molecule has 0 bridgehead atoms. The second-order valence-corrected chi connectivity index (χ2v) is 4.76. The van der Waals surface area contributed by atoms with Crippen molar-refractivity contribution in [3.63, 3.8) is 0 Å². The van der Waals surface area contributed by atoms with Crippen molar-refractivity contribution in [1.82, 2.24) is 4.98 Å². The first-order chi connectivity index (χ1) is 8.90. The van der Waals surface area contributed by atoms with E-state index in [2.05, 4.69) is 9.83 Å². The van der Waals surface area contributed by atoms with Gasteiger partial charge in [-0.3, -0.25) is 4.98 Å². The molecule has 0 aliphatic carbocycles. The Bertz CT molecular complexity index is 545. The van der Waals surface area contributed by atoms with Crippen LogP contribution in [0.2, 0.25) is 5.02 Å². The summed E-state index contributed by atoms with van der Waals surface area (Å²) in [5, 5.41) is 0.409. The predicted octanol–water partition coefficient (Wildman–Crippen LogP) is 3.47. The monoisotopic (exact) mass is 278 g/mol. The highest BCUT2D eigenvalue weighted by molar-refractivity contribution is 6.31. The molecule has 19 heavy (non-hydrogen) atoms. The van der Waals surface area contributed by atoms with Gasteiger partial charge in [-0.1, -0.05) is 11.6 Å². The molecule has 0 N–H and O–H groups in total. The number of hydrogen-bond acceptors (Lipinski definition) is 3. The zero-order valence-electron chi connectivity index (χ0n) is 11.1. The SMILES string of the molecule is [C-]#[N+]C(C)(C)c1ncc(C=CC(=O)OCC)cc1Cl. The highest BCUT2D eigenvalue weighted by Gasteiger charge is 2.30. The summed E-state index contributed by atoms with van der Waals surface area (Å²) in [5.41, 5.74) is 0.445. The Labute approximate surface area is 117 Å². The van der Waals surface area contributed by atoms with Gasteiger partial charge in [0.25, 0.3) is 5.54 Å². The molecule has 0 aliphatic rings. The van der Waals surface area contributed by atoms with Gasteiger partial charge in [0.05, 0.1) is 11.6 Å². The fourth-order valence-electron chi connectivity index (χ4n) is 1.40. The Hall–Kier alpha value is -1.86. The van der Waals surface area contributed by atoms with E-state index in [1.54, 1.807) is 39.1 Å². The molecule has 1 heterocycles. The summed E-state index contributed by atoms with van der Waals surface area (Å²) >= 11 is 6.11. The van der Waals surface area contributed by atoms with Gasteiger partial charge < -0.3 is 9.58 Å². The molecule has 1 aromatic heterocycles. The third-order valence-corrected chi connectivity index (χ3v) is 2.71. The lowest BCUT2D eigenvalue weighted by Crippen LogP contribution is -2.14. The van der Waals surface area contributed by atoms with Gasteiger partial charge in [-0.15, -0.1) is 0 Å². The maximum absolute atomic E-state index is 11.2. The Kier molecular flexibility index (Phi) is 5.08. The Morgan fingerprint density at radius 1 is 1.63 bits per heavy atom. The van der Waals surface area contributed by atoms with E-state index in [1.807, 2.05) is 0 Å². The standard InChI is InChI=1S/C14H15ClN2O2/c1-5-19-12(18)7-6-10-8-11(15)13(17-9-10)14(2,3)16-4/h6-9H,5H2,1-3H3. The Morgan fingerprint density at radius 2 is 2.32 bits per heavy atom. The first-order valence-electron chi connectivity index (χ1n) is 5.80. The van der Waals surface area contributed by atoms with E-state index >= 15 is 0 Å². The summed E-state index contributed by atoms with van der Waals surface area (Å²) < 4.78 is 4.77. The zero-order valence-corrected chi connectivity index (χ0v) is 11.9. The lowest BCUT2D eigenvalue weighted by Gasteiger charge is -2.12. The van der Waals surface area contributed by atoms with Crippen molar-refractivity contribution in [3.8, 4) is 0 Å². The number of carbonyl (C=O) groups excluding carboxylic acids is 1. The number of rotatable bonds is 4. The molecule has 0 saturated carbocycles. The topological polar surface area (TPSA) is 43.5 Å². The Balaban J connectivity index is 2.96. The van der Waals surface area contributed by atoms with E-state index in [0.29, 0.717) is 22.9 Å². The molecule has 0 atom stereocenters. The second kappa shape index (κ2) is 6.35. The van der Waals surface area contributed by atoms with Gasteiger partial charge in [0.1, 0.15) is 5.69 Å². The molecule has 0 aromatic carbocycles. The van der Waals surface area contributed by atoms with Crippen LogP contribution in [0.3, 0.4) is 0 Å². The largest absolute Gasteiger partial charge is 0.463 e. The van der Waals surface area contributed by atoms with Gasteiger partial charge in [-0.2, -0.15) is 0 Å². The number of pyridine rings is 1. The number of hydrogen-bond donors (Lipinski definition) is 0. The molecular formula is C14H15ClN2O2. The van der Waals surface area contributed by atoms with Crippen LogP contribution < -0.4 is 0 Å². The third-order valence-electron chi connectivity index (χ3n) is 2.42. The van der Waals surface area contributed by atoms with Crippen molar-refractivity contribution in [2.45, 2.75) is 26.3 Å². The summed E-state index contributed by atoms with van der Waals surface area (Å²) in [6.07, 6.45) is 4.46. The number of carbonyl (C=O) groups is 1. The predicted molar refractivity (Wildman–Crippen MR) is 74.5 cm³/mol. The molecule has 0 radical (unpaired) electrons. The van der Waals surface area contributed by atoms with Crippen molar-refractivity contribution in [2.24, 2.45) is 0 Å². The fraction of sp³-hybridized carbons (Fsp3) is 0.357. The van der Waals surface area contributed by atoms with E-state index < -0.39 is 11.5 Å². The third kappa shape index (κ3) is 4.08. The van der Waals surface area contributed by atoms with Crippen LogP contribution in [0.25, 0.3) is 10.9 Å². The van der Waals surface area contributed by atoms with Gasteiger partial charge in [-0.25, -0.2) is 11.4 Å². The molecule has 1 aromatic rings. The van der Waals surface area contributed by atoms with Crippen LogP contribution in [-0.2, 0) is 15.1 Å². The fourth-order valence-corrected chi connectivity index (χ4v) is 1.81. The van der Waals surface area contributed by atoms with Crippen LogP contribution in [0.4, 0.5) is 0 Å². The van der Waals surface area contributed by atoms with Crippen LogP contribution in [-0.4, -0.2) is 17.6 Å². The molecule has 4 nitrogen and oxygen atoms in total. The minimum Gasteiger partial charge on any atom is -0.463 e. The van der Waals surface area contributed by atoms with Gasteiger partial charge in [-0.05, 0) is 24.6 Å². The van der Waals surface area contributed by atoms with Gasteiger partial charge in [0.15, 0.2) is 0 Å². The molecule has 0 unspecified atom stereocenters. The minimum atomic E-state index is -0.763. The maximum atomic E-state index is 11.2.